The second-order valence-electron chi connectivity index (χ2n) is 16.5. The van der Waals surface area contributed by atoms with E-state index in [1.54, 1.807) is 41.5 Å². The molecule has 0 bridgehead atoms. The molecular weight excluding hydrogens is 666 g/mol. The molecule has 3 aliphatic heterocycles. The number of esters is 1. The highest BCUT2D eigenvalue weighted by Crippen LogP contribution is 2.40. The van der Waals surface area contributed by atoms with Crippen molar-refractivity contribution in [1.82, 2.24) is 4.90 Å². The van der Waals surface area contributed by atoms with Gasteiger partial charge in [0.25, 0.3) is 0 Å². The summed E-state index contributed by atoms with van der Waals surface area (Å²) in [5.41, 5.74) is -4.84. The van der Waals surface area contributed by atoms with Gasteiger partial charge < -0.3 is 58.9 Å². The Labute approximate surface area is 304 Å². The van der Waals surface area contributed by atoms with Crippen molar-refractivity contribution in [3.05, 3.63) is 0 Å². The van der Waals surface area contributed by atoms with E-state index >= 15 is 0 Å². The first-order valence-corrected chi connectivity index (χ1v) is 18.5. The zero-order valence-corrected chi connectivity index (χ0v) is 32.9. The Morgan fingerprint density at radius 3 is 2.04 bits per heavy atom. The molecule has 0 unspecified atom stereocenters. The molecule has 0 radical (unpaired) electrons. The summed E-state index contributed by atoms with van der Waals surface area (Å²) >= 11 is 0. The Morgan fingerprint density at radius 1 is 0.882 bits per heavy atom. The lowest BCUT2D eigenvalue weighted by atomic mass is 9.74. The van der Waals surface area contributed by atoms with E-state index < -0.39 is 108 Å². The number of carbonyl (C=O) groups excluding carboxylic acids is 2. The van der Waals surface area contributed by atoms with Gasteiger partial charge in [-0.05, 0) is 74.9 Å². The Morgan fingerprint density at radius 2 is 1.49 bits per heavy atom. The van der Waals surface area contributed by atoms with Crippen LogP contribution in [0.5, 0.6) is 0 Å². The van der Waals surface area contributed by atoms with Crippen LogP contribution in [0.1, 0.15) is 94.9 Å². The van der Waals surface area contributed by atoms with E-state index in [0.717, 1.165) is 0 Å². The van der Waals surface area contributed by atoms with Crippen LogP contribution in [-0.2, 0) is 38.0 Å². The lowest BCUT2D eigenvalue weighted by Crippen LogP contribution is -2.61. The number of rotatable bonds is 7. The number of aliphatic hydroxyl groups excluding tert-OH is 3. The van der Waals surface area contributed by atoms with Gasteiger partial charge in [0.2, 0.25) is 0 Å². The number of carbonyl (C=O) groups is 2. The fourth-order valence-corrected chi connectivity index (χ4v) is 8.41. The molecule has 3 saturated heterocycles. The van der Waals surface area contributed by atoms with E-state index in [-0.39, 0.29) is 31.4 Å². The average molecular weight is 734 g/mol. The van der Waals surface area contributed by atoms with Crippen LogP contribution in [-0.4, -0.2) is 148 Å². The minimum Gasteiger partial charge on any atom is -0.459 e. The Balaban J connectivity index is 2.18. The molecule has 0 amide bonds. The van der Waals surface area contributed by atoms with Crippen molar-refractivity contribution < 1.29 is 63.5 Å². The molecule has 0 aliphatic carbocycles. The molecule has 3 heterocycles. The molecule has 0 spiro atoms. The molecule has 298 valence electrons. The molecule has 0 aromatic heterocycles. The predicted octanol–water partition coefficient (Wildman–Crippen LogP) is 1.79. The van der Waals surface area contributed by atoms with E-state index in [2.05, 4.69) is 0 Å². The summed E-state index contributed by atoms with van der Waals surface area (Å²) in [6.45, 7) is 16.3. The van der Waals surface area contributed by atoms with E-state index in [9.17, 15) is 35.1 Å². The summed E-state index contributed by atoms with van der Waals surface area (Å²) in [6, 6.07) is -0.324. The Hall–Kier alpha value is -1.30. The van der Waals surface area contributed by atoms with Crippen LogP contribution in [0, 0.1) is 23.7 Å². The smallest absolute Gasteiger partial charge is 0.311 e. The number of hydrogen-bond donors (Lipinski definition) is 5. The van der Waals surface area contributed by atoms with Gasteiger partial charge >= 0.3 is 5.97 Å². The predicted molar refractivity (Wildman–Crippen MR) is 186 cm³/mol. The van der Waals surface area contributed by atoms with Gasteiger partial charge in [-0.25, -0.2) is 0 Å². The summed E-state index contributed by atoms with van der Waals surface area (Å²) in [5.74, 6) is -4.98. The lowest BCUT2D eigenvalue weighted by Gasteiger charge is -2.49. The van der Waals surface area contributed by atoms with Gasteiger partial charge in [-0.1, -0.05) is 27.7 Å². The number of aliphatic hydroxyl groups is 5. The highest BCUT2D eigenvalue weighted by Gasteiger charge is 2.53. The van der Waals surface area contributed by atoms with Crippen LogP contribution in [0.3, 0.4) is 0 Å². The van der Waals surface area contributed by atoms with Crippen molar-refractivity contribution in [3.8, 4) is 0 Å². The number of hydrogen-bond acceptors (Lipinski definition) is 14. The van der Waals surface area contributed by atoms with Crippen LogP contribution in [0.15, 0.2) is 0 Å². The molecule has 5 N–H and O–H groups in total. The van der Waals surface area contributed by atoms with Gasteiger partial charge in [0.1, 0.15) is 29.7 Å². The molecule has 51 heavy (non-hydrogen) atoms. The topological polar surface area (TPSA) is 194 Å². The van der Waals surface area contributed by atoms with Crippen molar-refractivity contribution in [1.29, 1.82) is 0 Å². The van der Waals surface area contributed by atoms with Crippen LogP contribution in [0.25, 0.3) is 0 Å². The quantitative estimate of drug-likeness (QED) is 0.238. The van der Waals surface area contributed by atoms with Gasteiger partial charge in [-0.15, -0.1) is 0 Å². The first-order valence-electron chi connectivity index (χ1n) is 18.5. The van der Waals surface area contributed by atoms with E-state index in [1.807, 2.05) is 25.9 Å². The van der Waals surface area contributed by atoms with Crippen molar-refractivity contribution >= 4 is 11.8 Å². The first kappa shape index (κ1) is 44.1. The normalized spacial score (nSPS) is 49.7. The third kappa shape index (κ3) is 9.51. The number of likely N-dealkylation sites (N-methyl/N-ethyl adjacent to an activating group) is 1. The molecule has 18 atom stereocenters. The Bertz CT molecular complexity index is 1170. The van der Waals surface area contributed by atoms with Crippen molar-refractivity contribution in [3.63, 3.8) is 0 Å². The lowest BCUT2D eigenvalue weighted by molar-refractivity contribution is -0.318. The number of ketones is 1. The fraction of sp³-hybridized carbons (Fsp3) is 0.946. The van der Waals surface area contributed by atoms with Gasteiger partial charge in [-0.2, -0.15) is 0 Å². The van der Waals surface area contributed by atoms with Gasteiger partial charge in [-0.3, -0.25) is 9.59 Å². The maximum absolute atomic E-state index is 14.1. The summed E-state index contributed by atoms with van der Waals surface area (Å²) in [7, 11) is 5.18. The number of cyclic esters (lactones) is 1. The van der Waals surface area contributed by atoms with Gasteiger partial charge in [0.15, 0.2) is 12.6 Å². The summed E-state index contributed by atoms with van der Waals surface area (Å²) < 4.78 is 37.1. The second kappa shape index (κ2) is 17.0. The highest BCUT2D eigenvalue weighted by atomic mass is 16.7. The molecule has 0 aromatic rings. The summed E-state index contributed by atoms with van der Waals surface area (Å²) in [4.78, 5) is 29.8. The summed E-state index contributed by atoms with van der Waals surface area (Å²) in [5, 5.41) is 57.6. The third-order valence-corrected chi connectivity index (χ3v) is 11.8. The molecule has 0 saturated carbocycles. The Kier molecular flexibility index (Phi) is 14.7. The largest absolute Gasteiger partial charge is 0.459 e. The second-order valence-corrected chi connectivity index (χ2v) is 16.5. The van der Waals surface area contributed by atoms with Crippen LogP contribution in [0.4, 0.5) is 0 Å². The number of ether oxygens (including phenoxy) is 6. The molecule has 14 heteroatoms. The third-order valence-electron chi connectivity index (χ3n) is 11.8. The monoisotopic (exact) mass is 733 g/mol. The molecule has 3 fully saturated rings. The van der Waals surface area contributed by atoms with Crippen LogP contribution < -0.4 is 0 Å². The summed E-state index contributed by atoms with van der Waals surface area (Å²) in [6.07, 6.45) is -9.71. The SMILES string of the molecule is CC[C@H]1OC(=O)[C@H](C)[C@@H](O[C@H]2C[C@@](C)(OC)[C@@H](O)[C@H](C)O2)[C@H](C)[C@@H](O[C@@H]2O[C@@H](C)C[C@H](N(C)C)[C@@H]2O)[C@](C)(O)C[C@@H](C)C(=O)[C@H](C)[C@@H](O)[C@]1(C)O. The maximum Gasteiger partial charge on any atom is 0.311 e. The van der Waals surface area contributed by atoms with Gasteiger partial charge in [0.05, 0.1) is 47.6 Å². The number of Topliss-reactive ketones (excluding diaryl/α,β-unsaturated/α-hetero) is 1. The molecule has 3 rings (SSSR count). The zero-order valence-electron chi connectivity index (χ0n) is 32.9. The fourth-order valence-electron chi connectivity index (χ4n) is 8.41. The standard InChI is InChI=1S/C37H67NO13/c1-14-25-37(10,45)30(41)20(4)27(39)18(2)16-35(8,44)32(51-34-28(40)24(38(11)12)15-19(3)47-34)21(5)29(22(6)33(43)49-25)50-26-17-36(9,46-13)31(42)23(7)48-26/h18-26,28-32,34,40-42,44-45H,14-17H2,1-13H3/t18-,19+,20+,21+,22-,23+,24+,25-,26+,28+,29+,30-,31+,32-,34+,35-,36-,37-/m1/s1. The molecule has 14 nitrogen and oxygen atoms in total. The van der Waals surface area contributed by atoms with E-state index in [1.165, 1.54) is 27.9 Å². The minimum absolute atomic E-state index is 0.0936. The van der Waals surface area contributed by atoms with Crippen molar-refractivity contribution in [2.45, 2.75) is 179 Å². The number of nitrogens with zero attached hydrogens (tertiary/aromatic N) is 1. The van der Waals surface area contributed by atoms with Crippen LogP contribution >= 0.6 is 0 Å². The highest BCUT2D eigenvalue weighted by molar-refractivity contribution is 5.83. The maximum atomic E-state index is 14.1. The van der Waals surface area contributed by atoms with Crippen molar-refractivity contribution in [2.75, 3.05) is 21.2 Å². The van der Waals surface area contributed by atoms with Crippen LogP contribution in [0.2, 0.25) is 0 Å². The molecule has 0 aromatic carbocycles. The average Bonchev–Trinajstić information content (AvgIpc) is 3.05. The number of methoxy groups -OCH3 is 1. The first-order chi connectivity index (χ1) is 23.4. The van der Waals surface area contributed by atoms with Crippen molar-refractivity contribution in [2.24, 2.45) is 23.7 Å². The molecular formula is C37H67NO13. The van der Waals surface area contributed by atoms with E-state index in [0.29, 0.717) is 6.42 Å². The molecule has 3 aliphatic rings. The zero-order chi connectivity index (χ0) is 39.0. The van der Waals surface area contributed by atoms with E-state index in [4.69, 9.17) is 28.4 Å². The minimum atomic E-state index is -1.99. The van der Waals surface area contributed by atoms with Gasteiger partial charge in [0, 0.05) is 37.3 Å².